The minimum Gasteiger partial charge on any atom is -0.469 e. The second-order valence-corrected chi connectivity index (χ2v) is 11.8. The lowest BCUT2D eigenvalue weighted by atomic mass is 9.73. The zero-order valence-electron chi connectivity index (χ0n) is 22.6. The molecule has 2 rings (SSSR count). The highest BCUT2D eigenvalue weighted by Crippen LogP contribution is 2.35. The van der Waals surface area contributed by atoms with Gasteiger partial charge in [-0.3, -0.25) is 9.59 Å². The monoisotopic (exact) mass is 525 g/mol. The molecule has 1 aromatic heterocycles. The van der Waals surface area contributed by atoms with Crippen LogP contribution in [-0.4, -0.2) is 69.7 Å². The van der Waals surface area contributed by atoms with Crippen LogP contribution >= 0.6 is 11.3 Å². The van der Waals surface area contributed by atoms with Gasteiger partial charge in [-0.25, -0.2) is 4.98 Å². The summed E-state index contributed by atoms with van der Waals surface area (Å²) in [5, 5.41) is 34.6. The minimum absolute atomic E-state index is 0.0262. The largest absolute Gasteiger partial charge is 0.469 e. The van der Waals surface area contributed by atoms with Crippen LogP contribution in [0.25, 0.3) is 6.08 Å². The summed E-state index contributed by atoms with van der Waals surface area (Å²) in [6.07, 6.45) is 2.07. The molecule has 0 spiro atoms. The number of hydrogen-bond acceptors (Lipinski definition) is 9. The zero-order chi connectivity index (χ0) is 27.2. The molecule has 0 amide bonds. The molecular weight excluding hydrogens is 482 g/mol. The fraction of sp³-hybridized carbons (Fsp3) is 0.741. The number of esters is 1. The number of carbonyl (C=O) groups excluding carboxylic acids is 2. The number of nitrogens with zero attached hydrogens (tertiary/aromatic N) is 1. The number of ketones is 1. The summed E-state index contributed by atoms with van der Waals surface area (Å²) in [6.45, 7) is 10.6. The van der Waals surface area contributed by atoms with Gasteiger partial charge in [0.25, 0.3) is 0 Å². The predicted molar refractivity (Wildman–Crippen MR) is 139 cm³/mol. The Labute approximate surface area is 218 Å². The fourth-order valence-corrected chi connectivity index (χ4v) is 5.10. The average Bonchev–Trinajstić information content (AvgIpc) is 3.43. The summed E-state index contributed by atoms with van der Waals surface area (Å²) in [4.78, 5) is 28.9. The average molecular weight is 526 g/mol. The van der Waals surface area contributed by atoms with Gasteiger partial charge in [0.15, 0.2) is 0 Å². The van der Waals surface area contributed by atoms with Crippen molar-refractivity contribution in [2.75, 3.05) is 7.11 Å². The van der Waals surface area contributed by atoms with E-state index in [1.165, 1.54) is 7.11 Å². The van der Waals surface area contributed by atoms with Crippen molar-refractivity contribution in [3.63, 3.8) is 0 Å². The molecule has 1 aromatic rings. The number of aliphatic hydroxyl groups excluding tert-OH is 3. The molecule has 36 heavy (non-hydrogen) atoms. The van der Waals surface area contributed by atoms with Gasteiger partial charge in [-0.1, -0.05) is 34.1 Å². The number of aromatic nitrogens is 1. The Morgan fingerprint density at radius 1 is 1.25 bits per heavy atom. The third-order valence-electron chi connectivity index (χ3n) is 7.39. The van der Waals surface area contributed by atoms with Gasteiger partial charge in [0.2, 0.25) is 0 Å². The van der Waals surface area contributed by atoms with E-state index in [0.29, 0.717) is 6.42 Å². The first kappa shape index (κ1) is 30.6. The van der Waals surface area contributed by atoms with Gasteiger partial charge in [0, 0.05) is 17.7 Å². The fourth-order valence-electron chi connectivity index (χ4n) is 4.53. The number of aliphatic hydroxyl groups is 3. The van der Waals surface area contributed by atoms with Crippen molar-refractivity contribution in [3.05, 3.63) is 21.7 Å². The van der Waals surface area contributed by atoms with Crippen molar-refractivity contribution in [2.24, 2.45) is 17.3 Å². The Morgan fingerprint density at radius 3 is 2.50 bits per heavy atom. The number of thiazole rings is 1. The topological polar surface area (TPSA) is 129 Å². The predicted octanol–water partition coefficient (Wildman–Crippen LogP) is 3.70. The molecule has 1 fully saturated rings. The number of Topliss-reactive ketones (excluding diaryl/α,β-unsaturated/α-hetero) is 1. The van der Waals surface area contributed by atoms with Gasteiger partial charge in [-0.15, -0.1) is 11.3 Å². The maximum absolute atomic E-state index is 13.0. The molecular formula is C27H43NO7S. The van der Waals surface area contributed by atoms with Gasteiger partial charge in [0.1, 0.15) is 5.78 Å². The zero-order valence-corrected chi connectivity index (χ0v) is 23.4. The van der Waals surface area contributed by atoms with E-state index < -0.39 is 35.6 Å². The Morgan fingerprint density at radius 2 is 1.92 bits per heavy atom. The lowest BCUT2D eigenvalue weighted by molar-refractivity contribution is -0.149. The molecule has 3 N–H and O–H groups in total. The van der Waals surface area contributed by atoms with Crippen LogP contribution in [0.3, 0.4) is 0 Å². The van der Waals surface area contributed by atoms with Gasteiger partial charge in [0.05, 0.1) is 60.2 Å². The van der Waals surface area contributed by atoms with E-state index in [1.807, 2.05) is 32.2 Å². The van der Waals surface area contributed by atoms with Gasteiger partial charge in [-0.2, -0.15) is 0 Å². The minimum atomic E-state index is -1.19. The normalized spacial score (nSPS) is 22.4. The smallest absolute Gasteiger partial charge is 0.308 e. The Bertz CT molecular complexity index is 912. The highest BCUT2D eigenvalue weighted by atomic mass is 32.1. The van der Waals surface area contributed by atoms with Crippen LogP contribution in [0.2, 0.25) is 0 Å². The standard InChI is InChI=1S/C27H43NO7S/c1-15(25(32)17(3)26(33)27(5,6)23(30)13-24(31)34-7)9-8-10-21-22(35-21)12-20(29)16(2)11-19-14-36-18(4)28-19/h11,14-15,17,20-23,25,29-30,32H,8-10,12-13H2,1-7H3/b16-11+/t15-,17+,20-,21?,22?,23-,25-/m0/s1. The first-order chi connectivity index (χ1) is 16.8. The number of epoxide rings is 1. The quantitative estimate of drug-likeness (QED) is 0.234. The lowest BCUT2D eigenvalue weighted by Gasteiger charge is -2.34. The molecule has 1 aliphatic rings. The molecule has 0 saturated carbocycles. The van der Waals surface area contributed by atoms with E-state index in [2.05, 4.69) is 9.72 Å². The van der Waals surface area contributed by atoms with Gasteiger partial charge < -0.3 is 24.8 Å². The van der Waals surface area contributed by atoms with Crippen LogP contribution < -0.4 is 0 Å². The lowest BCUT2D eigenvalue weighted by Crippen LogP contribution is -2.45. The van der Waals surface area contributed by atoms with Gasteiger partial charge >= 0.3 is 5.97 Å². The molecule has 2 unspecified atom stereocenters. The maximum Gasteiger partial charge on any atom is 0.308 e. The number of rotatable bonds is 15. The summed E-state index contributed by atoms with van der Waals surface area (Å²) in [7, 11) is 1.23. The third kappa shape index (κ3) is 8.45. The van der Waals surface area contributed by atoms with Crippen LogP contribution in [0.1, 0.15) is 77.4 Å². The molecule has 1 aliphatic heterocycles. The molecule has 0 bridgehead atoms. The van der Waals surface area contributed by atoms with Crippen LogP contribution in [0, 0.1) is 24.2 Å². The summed E-state index contributed by atoms with van der Waals surface area (Å²) >= 11 is 1.58. The maximum atomic E-state index is 13.0. The Kier molecular flexibility index (Phi) is 11.2. The van der Waals surface area contributed by atoms with Crippen LogP contribution in [0.4, 0.5) is 0 Å². The number of ether oxygens (including phenoxy) is 2. The van der Waals surface area contributed by atoms with E-state index in [0.717, 1.165) is 35.5 Å². The van der Waals surface area contributed by atoms with E-state index in [1.54, 1.807) is 32.1 Å². The van der Waals surface area contributed by atoms with Crippen molar-refractivity contribution >= 4 is 29.2 Å². The number of hydrogen-bond donors (Lipinski definition) is 3. The third-order valence-corrected chi connectivity index (χ3v) is 8.19. The molecule has 2 heterocycles. The highest BCUT2D eigenvalue weighted by molar-refractivity contribution is 7.09. The van der Waals surface area contributed by atoms with E-state index in [-0.39, 0.29) is 30.3 Å². The number of methoxy groups -OCH3 is 1. The first-order valence-electron chi connectivity index (χ1n) is 12.7. The van der Waals surface area contributed by atoms with E-state index >= 15 is 0 Å². The SMILES string of the molecule is COC(=O)C[C@H](O)C(C)(C)C(=O)[C@H](C)[C@@H](O)[C@@H](C)CCCC1OC1C[C@H](O)/C(C)=C/c1csc(C)n1. The van der Waals surface area contributed by atoms with Crippen molar-refractivity contribution in [2.45, 2.75) is 104 Å². The van der Waals surface area contributed by atoms with Crippen LogP contribution in [0.5, 0.6) is 0 Å². The molecule has 0 aliphatic carbocycles. The van der Waals surface area contributed by atoms with Crippen molar-refractivity contribution in [3.8, 4) is 0 Å². The number of carbonyl (C=O) groups is 2. The van der Waals surface area contributed by atoms with Crippen molar-refractivity contribution in [1.82, 2.24) is 4.98 Å². The molecule has 0 aromatic carbocycles. The second kappa shape index (κ2) is 13.2. The molecule has 0 radical (unpaired) electrons. The summed E-state index contributed by atoms with van der Waals surface area (Å²) in [6, 6.07) is 0. The van der Waals surface area contributed by atoms with E-state index in [4.69, 9.17) is 4.74 Å². The summed E-state index contributed by atoms with van der Waals surface area (Å²) < 4.78 is 10.3. The highest BCUT2D eigenvalue weighted by Gasteiger charge is 2.42. The van der Waals surface area contributed by atoms with Crippen molar-refractivity contribution in [1.29, 1.82) is 0 Å². The first-order valence-corrected chi connectivity index (χ1v) is 13.6. The van der Waals surface area contributed by atoms with E-state index in [9.17, 15) is 24.9 Å². The molecule has 9 heteroatoms. The molecule has 204 valence electrons. The Hall–Kier alpha value is -1.65. The Balaban J connectivity index is 1.75. The summed E-state index contributed by atoms with van der Waals surface area (Å²) in [5.41, 5.74) is 0.545. The van der Waals surface area contributed by atoms with Crippen LogP contribution in [0.15, 0.2) is 11.0 Å². The summed E-state index contributed by atoms with van der Waals surface area (Å²) in [5.74, 6) is -1.67. The molecule has 7 atom stereocenters. The van der Waals surface area contributed by atoms with Crippen molar-refractivity contribution < 1.29 is 34.4 Å². The number of aryl methyl sites for hydroxylation is 1. The van der Waals surface area contributed by atoms with Gasteiger partial charge in [-0.05, 0) is 44.3 Å². The van der Waals surface area contributed by atoms with Crippen LogP contribution in [-0.2, 0) is 19.1 Å². The molecule has 1 saturated heterocycles. The second-order valence-electron chi connectivity index (χ2n) is 10.7. The molecule has 8 nitrogen and oxygen atoms in total.